The van der Waals surface area contributed by atoms with Gasteiger partial charge in [0.15, 0.2) is 6.10 Å². The molecule has 0 aromatic carbocycles. The van der Waals surface area contributed by atoms with Crippen LogP contribution in [-0.2, 0) is 28.6 Å². The van der Waals surface area contributed by atoms with E-state index >= 15 is 0 Å². The first-order chi connectivity index (χ1) is 40.0. The van der Waals surface area contributed by atoms with E-state index < -0.39 is 6.10 Å². The minimum absolute atomic E-state index is 0.0957. The lowest BCUT2D eigenvalue weighted by molar-refractivity contribution is -0.167. The van der Waals surface area contributed by atoms with Gasteiger partial charge in [-0.25, -0.2) is 0 Å². The van der Waals surface area contributed by atoms with Gasteiger partial charge in [-0.1, -0.05) is 276 Å². The van der Waals surface area contributed by atoms with Crippen molar-refractivity contribution in [2.45, 2.75) is 297 Å². The Balaban J connectivity index is 4.45. The van der Waals surface area contributed by atoms with Crippen LogP contribution >= 0.6 is 0 Å². The number of allylic oxidation sites excluding steroid dienone is 24. The van der Waals surface area contributed by atoms with Gasteiger partial charge in [-0.3, -0.25) is 14.4 Å². The molecule has 0 rings (SSSR count). The lowest BCUT2D eigenvalue weighted by Gasteiger charge is -2.18. The summed E-state index contributed by atoms with van der Waals surface area (Å²) in [4.78, 5) is 38.4. The number of rotatable bonds is 59. The average Bonchev–Trinajstić information content (AvgIpc) is 3.47. The molecule has 1 atom stereocenters. The molecule has 0 aromatic rings. The fraction of sp³-hybridized carbons (Fsp3) is 0.640. The maximum atomic E-state index is 12.9. The molecule has 0 aliphatic heterocycles. The molecule has 0 spiro atoms. The largest absolute Gasteiger partial charge is 0.462 e. The molecule has 0 fully saturated rings. The molecule has 0 radical (unpaired) electrons. The zero-order valence-electron chi connectivity index (χ0n) is 52.5. The van der Waals surface area contributed by atoms with Gasteiger partial charge >= 0.3 is 17.9 Å². The number of carbonyl (C=O) groups excluding carboxylic acids is 3. The summed E-state index contributed by atoms with van der Waals surface area (Å²) in [7, 11) is 0. The number of unbranched alkanes of at least 4 members (excludes halogenated alkanes) is 24. The van der Waals surface area contributed by atoms with Crippen LogP contribution in [0.5, 0.6) is 0 Å². The van der Waals surface area contributed by atoms with Crippen molar-refractivity contribution in [1.82, 2.24) is 0 Å². The summed E-state index contributed by atoms with van der Waals surface area (Å²) in [6, 6.07) is 0. The lowest BCUT2D eigenvalue weighted by Crippen LogP contribution is -2.30. The maximum absolute atomic E-state index is 12.9. The zero-order chi connectivity index (χ0) is 58.5. The predicted molar refractivity (Wildman–Crippen MR) is 352 cm³/mol. The Morgan fingerprint density at radius 2 is 0.481 bits per heavy atom. The van der Waals surface area contributed by atoms with Gasteiger partial charge in [-0.2, -0.15) is 0 Å². The number of hydrogen-bond acceptors (Lipinski definition) is 6. The van der Waals surface area contributed by atoms with Gasteiger partial charge in [0, 0.05) is 19.3 Å². The summed E-state index contributed by atoms with van der Waals surface area (Å²) in [5.41, 5.74) is 0. The highest BCUT2D eigenvalue weighted by Crippen LogP contribution is 2.15. The monoisotopic (exact) mass is 1120 g/mol. The van der Waals surface area contributed by atoms with Crippen LogP contribution in [0.1, 0.15) is 290 Å². The van der Waals surface area contributed by atoms with Crippen LogP contribution in [0.15, 0.2) is 146 Å². The Hall–Kier alpha value is -4.71. The summed E-state index contributed by atoms with van der Waals surface area (Å²) in [5.74, 6) is -0.926. The van der Waals surface area contributed by atoms with E-state index in [-0.39, 0.29) is 31.1 Å². The Labute approximate surface area is 499 Å². The number of esters is 3. The van der Waals surface area contributed by atoms with Gasteiger partial charge in [0.05, 0.1) is 0 Å². The highest BCUT2D eigenvalue weighted by Gasteiger charge is 2.19. The fourth-order valence-electron chi connectivity index (χ4n) is 8.88. The first-order valence-electron chi connectivity index (χ1n) is 33.3. The van der Waals surface area contributed by atoms with E-state index in [0.717, 1.165) is 154 Å². The van der Waals surface area contributed by atoms with Crippen molar-refractivity contribution in [2.24, 2.45) is 0 Å². The van der Waals surface area contributed by atoms with Gasteiger partial charge in [0.2, 0.25) is 0 Å². The summed E-state index contributed by atoms with van der Waals surface area (Å²) in [6.07, 6.45) is 97.0. The van der Waals surface area contributed by atoms with Crippen LogP contribution in [0.2, 0.25) is 0 Å². The van der Waals surface area contributed by atoms with Gasteiger partial charge in [-0.05, 0) is 141 Å². The number of ether oxygens (including phenoxy) is 3. The van der Waals surface area contributed by atoms with Crippen molar-refractivity contribution in [2.75, 3.05) is 13.2 Å². The maximum Gasteiger partial charge on any atom is 0.306 e. The minimum atomic E-state index is -0.801. The zero-order valence-corrected chi connectivity index (χ0v) is 52.5. The van der Waals surface area contributed by atoms with E-state index in [4.69, 9.17) is 14.2 Å². The number of carbonyl (C=O) groups is 3. The summed E-state index contributed by atoms with van der Waals surface area (Å²) < 4.78 is 16.9. The molecule has 0 aliphatic carbocycles. The van der Waals surface area contributed by atoms with E-state index in [1.807, 2.05) is 0 Å². The molecule has 81 heavy (non-hydrogen) atoms. The van der Waals surface area contributed by atoms with Crippen molar-refractivity contribution < 1.29 is 28.6 Å². The molecule has 0 amide bonds. The Kier molecular flexibility index (Phi) is 63.9. The van der Waals surface area contributed by atoms with E-state index in [0.29, 0.717) is 19.3 Å². The molecule has 0 bridgehead atoms. The smallest absolute Gasteiger partial charge is 0.306 e. The molecule has 458 valence electrons. The molecule has 6 nitrogen and oxygen atoms in total. The predicted octanol–water partition coefficient (Wildman–Crippen LogP) is 23.1. The van der Waals surface area contributed by atoms with Crippen LogP contribution in [0, 0.1) is 0 Å². The molecule has 0 N–H and O–H groups in total. The molecular weight excluding hydrogens is 997 g/mol. The third kappa shape index (κ3) is 66.0. The van der Waals surface area contributed by atoms with Gasteiger partial charge in [0.1, 0.15) is 13.2 Å². The Morgan fingerprint density at radius 1 is 0.259 bits per heavy atom. The van der Waals surface area contributed by atoms with E-state index in [1.165, 1.54) is 96.3 Å². The molecule has 0 saturated carbocycles. The normalized spacial score (nSPS) is 13.1. The number of hydrogen-bond donors (Lipinski definition) is 0. The van der Waals surface area contributed by atoms with E-state index in [9.17, 15) is 14.4 Å². The minimum Gasteiger partial charge on any atom is -0.462 e. The van der Waals surface area contributed by atoms with Gasteiger partial charge in [-0.15, -0.1) is 0 Å². The molecule has 1 unspecified atom stereocenters. The highest BCUT2D eigenvalue weighted by molar-refractivity contribution is 5.71. The van der Waals surface area contributed by atoms with Crippen LogP contribution in [0.4, 0.5) is 0 Å². The average molecular weight is 1120 g/mol. The van der Waals surface area contributed by atoms with E-state index in [1.54, 1.807) is 0 Å². The second kappa shape index (κ2) is 67.8. The van der Waals surface area contributed by atoms with Crippen LogP contribution in [0.25, 0.3) is 0 Å². The van der Waals surface area contributed by atoms with Crippen molar-refractivity contribution in [3.05, 3.63) is 146 Å². The molecule has 0 aliphatic rings. The van der Waals surface area contributed by atoms with E-state index in [2.05, 4.69) is 167 Å². The van der Waals surface area contributed by atoms with Crippen molar-refractivity contribution >= 4 is 17.9 Å². The Morgan fingerprint density at radius 3 is 0.753 bits per heavy atom. The molecular formula is C75H122O6. The summed E-state index contributed by atoms with van der Waals surface area (Å²) in [6.45, 7) is 6.38. The quantitative estimate of drug-likeness (QED) is 0.0261. The SMILES string of the molecule is CC/C=C\C/C=C\C/C=C\C/C=C\C/C=C\C/C=C\C/C=C\CCCCCCCC(=O)OCC(COC(=O)CCCCCCCCC/C=C\C/C=C\C/C=C\CC)OC(=O)CCCCCCCCCCC/C=C\C/C=C\CCCCC. The topological polar surface area (TPSA) is 78.9 Å². The standard InChI is InChI=1S/C75H122O6/c1-4-7-10-13-16-19-22-25-28-31-33-34-35-36-37-38-39-40-42-44-47-50-53-56-59-62-65-68-74(77)80-71-72(70-79-73(76)67-64-61-58-55-52-49-46-43-30-27-24-21-18-15-12-9-6-3)81-75(78)69-66-63-60-57-54-51-48-45-41-32-29-26-23-20-17-14-11-8-5-2/h7,9-10,12,16-21,25-30,33-34,36-37,39-40,44,47,72H,4-6,8,11,13-15,22-24,31-32,35,38,41-43,45-46,48-71H2,1-3H3/b10-7-,12-9-,19-16-,20-17-,21-18-,28-25-,29-26-,30-27-,34-33-,37-36-,40-39-,47-44-. The van der Waals surface area contributed by atoms with Crippen LogP contribution in [0.3, 0.4) is 0 Å². The first-order valence-corrected chi connectivity index (χ1v) is 33.3. The fourth-order valence-corrected chi connectivity index (χ4v) is 8.88. The second-order valence-electron chi connectivity index (χ2n) is 21.6. The third-order valence-corrected chi connectivity index (χ3v) is 13.8. The Bertz CT molecular complexity index is 1760. The van der Waals surface area contributed by atoms with Crippen molar-refractivity contribution in [3.63, 3.8) is 0 Å². The molecule has 0 saturated heterocycles. The van der Waals surface area contributed by atoms with Crippen LogP contribution < -0.4 is 0 Å². The van der Waals surface area contributed by atoms with Gasteiger partial charge in [0.25, 0.3) is 0 Å². The molecule has 0 aromatic heterocycles. The van der Waals surface area contributed by atoms with Crippen molar-refractivity contribution in [3.8, 4) is 0 Å². The van der Waals surface area contributed by atoms with Crippen molar-refractivity contribution in [1.29, 1.82) is 0 Å². The summed E-state index contributed by atoms with van der Waals surface area (Å²) in [5, 5.41) is 0. The summed E-state index contributed by atoms with van der Waals surface area (Å²) >= 11 is 0. The second-order valence-corrected chi connectivity index (χ2v) is 21.6. The highest BCUT2D eigenvalue weighted by atomic mass is 16.6. The van der Waals surface area contributed by atoms with Crippen LogP contribution in [-0.4, -0.2) is 37.2 Å². The lowest BCUT2D eigenvalue weighted by atomic mass is 10.1. The molecule has 0 heterocycles. The first kappa shape index (κ1) is 76.3. The van der Waals surface area contributed by atoms with Gasteiger partial charge < -0.3 is 14.2 Å². The third-order valence-electron chi connectivity index (χ3n) is 13.8. The molecule has 6 heteroatoms.